The van der Waals surface area contributed by atoms with Gasteiger partial charge in [0, 0.05) is 11.9 Å². The van der Waals surface area contributed by atoms with Crippen LogP contribution in [0.5, 0.6) is 0 Å². The van der Waals surface area contributed by atoms with Gasteiger partial charge in [0.2, 0.25) is 0 Å². The molecule has 0 aliphatic heterocycles. The van der Waals surface area contributed by atoms with E-state index in [1.807, 2.05) is 30.3 Å². The Kier molecular flexibility index (Phi) is 5.71. The molecule has 0 amide bonds. The number of nitrogen functional groups attached to an aromatic ring is 1. The molecule has 4 aromatic rings. The molecule has 0 saturated heterocycles. The van der Waals surface area contributed by atoms with Crippen LogP contribution in [-0.2, 0) is 6.42 Å². The zero-order chi connectivity index (χ0) is 21.8. The number of fused-ring (bicyclic) bond motifs is 1. The monoisotopic (exact) mass is 419 g/mol. The zero-order valence-electron chi connectivity index (χ0n) is 16.5. The van der Waals surface area contributed by atoms with E-state index in [4.69, 9.17) is 5.73 Å². The molecule has 0 aliphatic carbocycles. The van der Waals surface area contributed by atoms with Crippen molar-refractivity contribution in [2.75, 3.05) is 17.6 Å². The summed E-state index contributed by atoms with van der Waals surface area (Å²) >= 11 is 0. The van der Waals surface area contributed by atoms with Crippen LogP contribution in [0.1, 0.15) is 29.9 Å². The summed E-state index contributed by atoms with van der Waals surface area (Å²) in [6.07, 6.45) is -1.67. The van der Waals surface area contributed by atoms with E-state index in [2.05, 4.69) is 26.5 Å². The van der Waals surface area contributed by atoms with Crippen LogP contribution in [0.25, 0.3) is 16.6 Å². The van der Waals surface area contributed by atoms with Gasteiger partial charge in [0.15, 0.2) is 5.82 Å². The summed E-state index contributed by atoms with van der Waals surface area (Å²) < 4.78 is 27.8. The molecule has 0 unspecified atom stereocenters. The summed E-state index contributed by atoms with van der Waals surface area (Å²) in [4.78, 5) is 7.88. The van der Waals surface area contributed by atoms with Gasteiger partial charge < -0.3 is 11.1 Å². The highest BCUT2D eigenvalue weighted by Gasteiger charge is 2.17. The molecule has 0 bridgehead atoms. The van der Waals surface area contributed by atoms with Crippen LogP contribution >= 0.6 is 0 Å². The number of hydrogen-bond donors (Lipinski definition) is 2. The average molecular weight is 419 g/mol. The first kappa shape index (κ1) is 20.2. The van der Waals surface area contributed by atoms with Crippen molar-refractivity contribution in [3.63, 3.8) is 0 Å². The second-order valence-electron chi connectivity index (χ2n) is 6.84. The standard InChI is InChI=1S/C22H19F2N7/c23-19(24)22-28-17-10-5-4-9-15(17)21(29-22)27-12-6-11-18-16(13-25)20(26)31(30-18)14-7-2-1-3-8-14/h1-5,7-10,19H,6,11-12,26H2,(H,27,28,29). The predicted octanol–water partition coefficient (Wildman–Crippen LogP) is 4.25. The van der Waals surface area contributed by atoms with Gasteiger partial charge in [-0.25, -0.2) is 23.4 Å². The topological polar surface area (TPSA) is 105 Å². The summed E-state index contributed by atoms with van der Waals surface area (Å²) in [7, 11) is 0. The fourth-order valence-electron chi connectivity index (χ4n) is 3.33. The van der Waals surface area contributed by atoms with Gasteiger partial charge in [0.1, 0.15) is 23.3 Å². The molecule has 9 heteroatoms. The zero-order valence-corrected chi connectivity index (χ0v) is 16.5. The number of rotatable bonds is 7. The fraction of sp³-hybridized carbons (Fsp3) is 0.182. The number of alkyl halides is 2. The van der Waals surface area contributed by atoms with Crippen LogP contribution in [0.4, 0.5) is 20.4 Å². The van der Waals surface area contributed by atoms with Gasteiger partial charge in [-0.1, -0.05) is 30.3 Å². The highest BCUT2D eigenvalue weighted by Crippen LogP contribution is 2.25. The lowest BCUT2D eigenvalue weighted by Crippen LogP contribution is -2.08. The van der Waals surface area contributed by atoms with E-state index < -0.39 is 12.2 Å². The Labute approximate surface area is 177 Å². The SMILES string of the molecule is N#Cc1c(CCCNc2nc(C(F)F)nc3ccccc23)nn(-c2ccccc2)c1N. The number of aromatic nitrogens is 4. The molecule has 2 aromatic carbocycles. The van der Waals surface area contributed by atoms with Gasteiger partial charge in [0.25, 0.3) is 6.43 Å². The Bertz CT molecular complexity index is 1250. The summed E-state index contributed by atoms with van der Waals surface area (Å²) in [5.41, 5.74) is 8.28. The predicted molar refractivity (Wildman–Crippen MR) is 114 cm³/mol. The smallest absolute Gasteiger partial charge is 0.297 e. The van der Waals surface area contributed by atoms with E-state index in [1.54, 1.807) is 28.9 Å². The average Bonchev–Trinajstić information content (AvgIpc) is 3.12. The first-order valence-electron chi connectivity index (χ1n) is 9.70. The third kappa shape index (κ3) is 4.14. The van der Waals surface area contributed by atoms with Crippen LogP contribution in [-0.4, -0.2) is 26.3 Å². The van der Waals surface area contributed by atoms with Crippen LogP contribution in [0, 0.1) is 11.3 Å². The Morgan fingerprint density at radius 2 is 1.81 bits per heavy atom. The third-order valence-corrected chi connectivity index (χ3v) is 4.80. The number of hydrogen-bond acceptors (Lipinski definition) is 6. The third-order valence-electron chi connectivity index (χ3n) is 4.80. The van der Waals surface area contributed by atoms with Crippen molar-refractivity contribution in [2.24, 2.45) is 0 Å². The van der Waals surface area contributed by atoms with Gasteiger partial charge in [0.05, 0.1) is 16.9 Å². The highest BCUT2D eigenvalue weighted by molar-refractivity contribution is 5.89. The van der Waals surface area contributed by atoms with Crippen LogP contribution < -0.4 is 11.1 Å². The molecule has 156 valence electrons. The van der Waals surface area contributed by atoms with Gasteiger partial charge in [-0.15, -0.1) is 0 Å². The minimum atomic E-state index is -2.76. The van der Waals surface area contributed by atoms with E-state index in [9.17, 15) is 14.0 Å². The number of para-hydroxylation sites is 2. The first-order chi connectivity index (χ1) is 15.1. The number of anilines is 2. The maximum atomic E-state index is 13.1. The van der Waals surface area contributed by atoms with E-state index >= 15 is 0 Å². The van der Waals surface area contributed by atoms with Crippen LogP contribution in [0.2, 0.25) is 0 Å². The lowest BCUT2D eigenvalue weighted by Gasteiger charge is -2.10. The van der Waals surface area contributed by atoms with Gasteiger partial charge in [-0.3, -0.25) is 0 Å². The minimum absolute atomic E-state index is 0.292. The van der Waals surface area contributed by atoms with Gasteiger partial charge in [-0.2, -0.15) is 10.4 Å². The lowest BCUT2D eigenvalue weighted by molar-refractivity contribution is 0.141. The van der Waals surface area contributed by atoms with Crippen molar-refractivity contribution in [3.8, 4) is 11.8 Å². The summed E-state index contributed by atoms with van der Waals surface area (Å²) in [6, 6.07) is 18.5. The number of aryl methyl sites for hydroxylation is 1. The maximum absolute atomic E-state index is 13.1. The molecule has 3 N–H and O–H groups in total. The van der Waals surface area contributed by atoms with Crippen LogP contribution in [0.3, 0.4) is 0 Å². The molecule has 4 rings (SSSR count). The molecular formula is C22H19F2N7. The minimum Gasteiger partial charge on any atom is -0.382 e. The molecule has 0 atom stereocenters. The second kappa shape index (κ2) is 8.75. The molecule has 7 nitrogen and oxygen atoms in total. The largest absolute Gasteiger partial charge is 0.382 e. The molecule has 0 aliphatic rings. The molecule has 2 heterocycles. The molecular weight excluding hydrogens is 400 g/mol. The van der Waals surface area contributed by atoms with E-state index in [-0.39, 0.29) is 0 Å². The molecule has 0 saturated carbocycles. The highest BCUT2D eigenvalue weighted by atomic mass is 19.3. The lowest BCUT2D eigenvalue weighted by atomic mass is 10.1. The Morgan fingerprint density at radius 3 is 2.55 bits per heavy atom. The molecule has 2 aromatic heterocycles. The Hall–Kier alpha value is -4.06. The number of nitrogens with two attached hydrogens (primary N) is 1. The van der Waals surface area contributed by atoms with E-state index in [0.717, 1.165) is 5.69 Å². The van der Waals surface area contributed by atoms with Gasteiger partial charge in [-0.05, 0) is 37.1 Å². The number of nitriles is 1. The number of halogens is 2. The van der Waals surface area contributed by atoms with E-state index in [0.29, 0.717) is 53.2 Å². The Morgan fingerprint density at radius 1 is 1.06 bits per heavy atom. The summed E-state index contributed by atoms with van der Waals surface area (Å²) in [5.74, 6) is 0.137. The van der Waals surface area contributed by atoms with Crippen molar-refractivity contribution in [1.29, 1.82) is 5.26 Å². The van der Waals surface area contributed by atoms with Crippen molar-refractivity contribution >= 4 is 22.5 Å². The van der Waals surface area contributed by atoms with Crippen molar-refractivity contribution in [2.45, 2.75) is 19.3 Å². The van der Waals surface area contributed by atoms with Gasteiger partial charge >= 0.3 is 0 Å². The maximum Gasteiger partial charge on any atom is 0.297 e. The van der Waals surface area contributed by atoms with Crippen molar-refractivity contribution < 1.29 is 8.78 Å². The van der Waals surface area contributed by atoms with Crippen LogP contribution in [0.15, 0.2) is 54.6 Å². The second-order valence-corrected chi connectivity index (χ2v) is 6.84. The molecule has 0 radical (unpaired) electrons. The normalized spacial score (nSPS) is 11.0. The quantitative estimate of drug-likeness (QED) is 0.434. The molecule has 0 fully saturated rings. The molecule has 0 spiro atoms. The fourth-order valence-corrected chi connectivity index (χ4v) is 3.33. The number of benzene rings is 2. The summed E-state index contributed by atoms with van der Waals surface area (Å²) in [5, 5.41) is 17.8. The first-order valence-corrected chi connectivity index (χ1v) is 9.70. The van der Waals surface area contributed by atoms with Crippen molar-refractivity contribution in [3.05, 3.63) is 71.7 Å². The number of nitrogens with zero attached hydrogens (tertiary/aromatic N) is 5. The van der Waals surface area contributed by atoms with E-state index in [1.165, 1.54) is 0 Å². The molecule has 31 heavy (non-hydrogen) atoms. The Balaban J connectivity index is 1.49. The number of nitrogens with one attached hydrogen (secondary N) is 1. The van der Waals surface area contributed by atoms with Crippen molar-refractivity contribution in [1.82, 2.24) is 19.7 Å². The summed E-state index contributed by atoms with van der Waals surface area (Å²) in [6.45, 7) is 0.451.